The molecule has 1 fully saturated rings. The van der Waals surface area contributed by atoms with Crippen LogP contribution in [0.4, 0.5) is 5.82 Å². The highest BCUT2D eigenvalue weighted by atomic mass is 127. The largest absolute Gasteiger partial charge is 0.384 e. The molecule has 3 N–H and O–H groups in total. The number of methoxy groups -OCH3 is 1. The number of nitrogens with two attached hydrogens (primary N) is 1. The summed E-state index contributed by atoms with van der Waals surface area (Å²) in [5.74, 6) is 1.13. The zero-order chi connectivity index (χ0) is 12.8. The van der Waals surface area contributed by atoms with Crippen LogP contribution in [0.2, 0.25) is 0 Å². The number of pyridine rings is 1. The third-order valence-electron chi connectivity index (χ3n) is 3.37. The molecule has 6 heteroatoms. The van der Waals surface area contributed by atoms with E-state index in [1.807, 2.05) is 18.2 Å². The van der Waals surface area contributed by atoms with E-state index in [0.29, 0.717) is 18.3 Å². The van der Waals surface area contributed by atoms with Crippen molar-refractivity contribution in [2.45, 2.75) is 19.3 Å². The van der Waals surface area contributed by atoms with Gasteiger partial charge in [-0.3, -0.25) is 4.99 Å². The summed E-state index contributed by atoms with van der Waals surface area (Å²) in [7, 11) is 1.74. The second-order valence-corrected chi connectivity index (χ2v) is 4.83. The van der Waals surface area contributed by atoms with Crippen LogP contribution in [-0.4, -0.2) is 31.2 Å². The molecular weight excluding hydrogens is 355 g/mol. The van der Waals surface area contributed by atoms with Crippen LogP contribution in [0.15, 0.2) is 29.4 Å². The Morgan fingerprint density at radius 3 is 2.84 bits per heavy atom. The minimum atomic E-state index is 0. The molecule has 106 valence electrons. The van der Waals surface area contributed by atoms with Crippen molar-refractivity contribution in [1.29, 1.82) is 0 Å². The molecule has 1 aliphatic rings. The predicted octanol–water partition coefficient (Wildman–Crippen LogP) is 2.24. The first-order chi connectivity index (χ1) is 8.74. The number of rotatable bonds is 5. The van der Waals surface area contributed by atoms with Gasteiger partial charge in [-0.1, -0.05) is 12.5 Å². The number of nitrogens with zero attached hydrogens (tertiary/aromatic N) is 2. The molecule has 0 aliphatic heterocycles. The van der Waals surface area contributed by atoms with E-state index in [-0.39, 0.29) is 29.4 Å². The lowest BCUT2D eigenvalue weighted by atomic mass is 9.69. The molecule has 0 atom stereocenters. The predicted molar refractivity (Wildman–Crippen MR) is 87.9 cm³/mol. The number of hydrogen-bond donors (Lipinski definition) is 2. The van der Waals surface area contributed by atoms with Gasteiger partial charge in [-0.2, -0.15) is 0 Å². The summed E-state index contributed by atoms with van der Waals surface area (Å²) in [6, 6.07) is 5.62. The molecule has 0 aromatic carbocycles. The molecule has 1 aromatic heterocycles. The Hall–Kier alpha value is -0.890. The van der Waals surface area contributed by atoms with Crippen molar-refractivity contribution in [2.75, 3.05) is 25.6 Å². The third-order valence-corrected chi connectivity index (χ3v) is 3.37. The first-order valence-electron chi connectivity index (χ1n) is 6.21. The molecule has 2 rings (SSSR count). The Morgan fingerprint density at radius 2 is 2.32 bits per heavy atom. The molecule has 5 nitrogen and oxygen atoms in total. The van der Waals surface area contributed by atoms with Crippen molar-refractivity contribution < 1.29 is 4.74 Å². The lowest BCUT2D eigenvalue weighted by Crippen LogP contribution is -2.38. The van der Waals surface area contributed by atoms with Crippen LogP contribution in [0.3, 0.4) is 0 Å². The lowest BCUT2D eigenvalue weighted by Gasteiger charge is -2.40. The van der Waals surface area contributed by atoms with Crippen molar-refractivity contribution in [2.24, 2.45) is 16.1 Å². The average Bonchev–Trinajstić information content (AvgIpc) is 2.34. The van der Waals surface area contributed by atoms with Gasteiger partial charge in [0, 0.05) is 18.7 Å². The van der Waals surface area contributed by atoms with Crippen LogP contribution in [0.25, 0.3) is 0 Å². The van der Waals surface area contributed by atoms with E-state index in [2.05, 4.69) is 15.3 Å². The van der Waals surface area contributed by atoms with E-state index < -0.39 is 0 Å². The molecule has 0 unspecified atom stereocenters. The minimum Gasteiger partial charge on any atom is -0.384 e. The number of hydrogen-bond acceptors (Lipinski definition) is 3. The van der Waals surface area contributed by atoms with Crippen molar-refractivity contribution in [3.05, 3.63) is 24.4 Å². The molecule has 1 aliphatic carbocycles. The minimum absolute atomic E-state index is 0. The maximum atomic E-state index is 5.85. The van der Waals surface area contributed by atoms with E-state index in [1.54, 1.807) is 13.3 Å². The summed E-state index contributed by atoms with van der Waals surface area (Å²) < 4.78 is 5.26. The first kappa shape index (κ1) is 16.2. The van der Waals surface area contributed by atoms with Crippen molar-refractivity contribution in [3.63, 3.8) is 0 Å². The standard InChI is InChI=1S/C13H20N4O.HI/c1-18-10-13(6-4-7-13)9-16-12(14)17-11-5-2-3-8-15-11;/h2-3,5,8H,4,6-7,9-10H2,1H3,(H3,14,15,16,17);1H. The fourth-order valence-corrected chi connectivity index (χ4v) is 2.19. The van der Waals surface area contributed by atoms with Gasteiger partial charge in [0.05, 0.1) is 13.2 Å². The van der Waals surface area contributed by atoms with Crippen LogP contribution >= 0.6 is 24.0 Å². The number of anilines is 1. The topological polar surface area (TPSA) is 72.5 Å². The average molecular weight is 376 g/mol. The van der Waals surface area contributed by atoms with E-state index >= 15 is 0 Å². The first-order valence-corrected chi connectivity index (χ1v) is 6.21. The van der Waals surface area contributed by atoms with Gasteiger partial charge in [0.1, 0.15) is 5.82 Å². The molecule has 1 heterocycles. The molecule has 19 heavy (non-hydrogen) atoms. The smallest absolute Gasteiger partial charge is 0.194 e. The highest BCUT2D eigenvalue weighted by Crippen LogP contribution is 2.41. The van der Waals surface area contributed by atoms with Gasteiger partial charge in [-0.05, 0) is 25.0 Å². The maximum Gasteiger partial charge on any atom is 0.194 e. The van der Waals surface area contributed by atoms with Gasteiger partial charge in [0.15, 0.2) is 5.96 Å². The normalized spacial score (nSPS) is 17.2. The zero-order valence-corrected chi connectivity index (χ0v) is 13.5. The molecule has 0 radical (unpaired) electrons. The van der Waals surface area contributed by atoms with Crippen LogP contribution in [0.1, 0.15) is 19.3 Å². The van der Waals surface area contributed by atoms with Gasteiger partial charge >= 0.3 is 0 Å². The van der Waals surface area contributed by atoms with Gasteiger partial charge in [-0.15, -0.1) is 24.0 Å². The Labute approximate surface area is 131 Å². The maximum absolute atomic E-state index is 5.85. The fraction of sp³-hybridized carbons (Fsp3) is 0.538. The molecule has 0 bridgehead atoms. The number of ether oxygens (including phenoxy) is 1. The highest BCUT2D eigenvalue weighted by molar-refractivity contribution is 14.0. The van der Waals surface area contributed by atoms with Gasteiger partial charge in [-0.25, -0.2) is 4.98 Å². The van der Waals surface area contributed by atoms with Gasteiger partial charge in [0.2, 0.25) is 0 Å². The number of aromatic nitrogens is 1. The summed E-state index contributed by atoms with van der Waals surface area (Å²) >= 11 is 0. The molecule has 0 amide bonds. The third kappa shape index (κ3) is 4.61. The Morgan fingerprint density at radius 1 is 1.53 bits per heavy atom. The van der Waals surface area contributed by atoms with Crippen LogP contribution < -0.4 is 11.1 Å². The second kappa shape index (κ2) is 7.64. The second-order valence-electron chi connectivity index (χ2n) is 4.83. The summed E-state index contributed by atoms with van der Waals surface area (Å²) in [5, 5.41) is 2.98. The quantitative estimate of drug-likeness (QED) is 0.470. The highest BCUT2D eigenvalue weighted by Gasteiger charge is 2.36. The number of aliphatic imine (C=N–C) groups is 1. The van der Waals surface area contributed by atoms with Crippen LogP contribution in [-0.2, 0) is 4.74 Å². The number of halogens is 1. The van der Waals surface area contributed by atoms with Crippen LogP contribution in [0.5, 0.6) is 0 Å². The van der Waals surface area contributed by atoms with Crippen molar-refractivity contribution in [1.82, 2.24) is 4.98 Å². The number of nitrogens with one attached hydrogen (secondary N) is 1. The van der Waals surface area contributed by atoms with E-state index in [4.69, 9.17) is 10.5 Å². The van der Waals surface area contributed by atoms with E-state index in [9.17, 15) is 0 Å². The Balaban J connectivity index is 0.00000180. The van der Waals surface area contributed by atoms with Crippen LogP contribution in [0, 0.1) is 5.41 Å². The molecule has 1 aromatic rings. The van der Waals surface area contributed by atoms with Crippen molar-refractivity contribution >= 4 is 35.8 Å². The molecular formula is C13H21IN4O. The summed E-state index contributed by atoms with van der Waals surface area (Å²) in [4.78, 5) is 8.53. The van der Waals surface area contributed by atoms with Gasteiger partial charge < -0.3 is 15.8 Å². The summed E-state index contributed by atoms with van der Waals surface area (Å²) in [6.07, 6.45) is 5.31. The monoisotopic (exact) mass is 376 g/mol. The van der Waals surface area contributed by atoms with E-state index in [1.165, 1.54) is 19.3 Å². The summed E-state index contributed by atoms with van der Waals surface area (Å²) in [5.41, 5.74) is 6.05. The zero-order valence-electron chi connectivity index (χ0n) is 11.1. The fourth-order valence-electron chi connectivity index (χ4n) is 2.19. The Bertz CT molecular complexity index is 406. The Kier molecular flexibility index (Phi) is 6.50. The van der Waals surface area contributed by atoms with Crippen molar-refractivity contribution in [3.8, 4) is 0 Å². The molecule has 0 saturated heterocycles. The molecule has 0 spiro atoms. The number of guanidine groups is 1. The molecule has 1 saturated carbocycles. The lowest BCUT2D eigenvalue weighted by molar-refractivity contribution is 0.0253. The van der Waals surface area contributed by atoms with E-state index in [0.717, 1.165) is 6.61 Å². The van der Waals surface area contributed by atoms with Gasteiger partial charge in [0.25, 0.3) is 0 Å². The SMILES string of the molecule is COCC1(CN=C(N)Nc2ccccn2)CCC1.I. The summed E-state index contributed by atoms with van der Waals surface area (Å²) in [6.45, 7) is 1.47.